The van der Waals surface area contributed by atoms with E-state index in [4.69, 9.17) is 9.47 Å². The Kier molecular flexibility index (Phi) is 4.04. The fourth-order valence-corrected chi connectivity index (χ4v) is 3.33. The van der Waals surface area contributed by atoms with Crippen LogP contribution in [0, 0.1) is 0 Å². The van der Waals surface area contributed by atoms with Crippen molar-refractivity contribution < 1.29 is 14.3 Å². The highest BCUT2D eigenvalue weighted by molar-refractivity contribution is 7.16. The summed E-state index contributed by atoms with van der Waals surface area (Å²) in [6.45, 7) is 6.25. The summed E-state index contributed by atoms with van der Waals surface area (Å²) in [6.07, 6.45) is 0.790. The van der Waals surface area contributed by atoms with E-state index in [0.717, 1.165) is 16.9 Å². The third kappa shape index (κ3) is 2.65. The normalized spacial score (nSPS) is 11.7. The van der Waals surface area contributed by atoms with Crippen molar-refractivity contribution in [2.45, 2.75) is 26.2 Å². The van der Waals surface area contributed by atoms with Crippen molar-refractivity contribution in [1.82, 2.24) is 14.6 Å². The molecule has 2 aromatic heterocycles. The summed E-state index contributed by atoms with van der Waals surface area (Å²) in [5, 5.41) is 5.50. The summed E-state index contributed by atoms with van der Waals surface area (Å²) >= 11 is 1.49. The van der Waals surface area contributed by atoms with Gasteiger partial charge in [0.25, 0.3) is 0 Å². The smallest absolute Gasteiger partial charge is 0.213 e. The molecule has 126 valence electrons. The van der Waals surface area contributed by atoms with Gasteiger partial charge in [0.05, 0.1) is 14.2 Å². The van der Waals surface area contributed by atoms with Crippen LogP contribution in [0.15, 0.2) is 18.2 Å². The first-order valence-corrected chi connectivity index (χ1v) is 8.28. The van der Waals surface area contributed by atoms with Gasteiger partial charge in [-0.15, -0.1) is 0 Å². The predicted molar refractivity (Wildman–Crippen MR) is 93.5 cm³/mol. The summed E-state index contributed by atoms with van der Waals surface area (Å²) in [7, 11) is 3.16. The molecule has 3 aromatic rings. The average Bonchev–Trinajstić information content (AvgIpc) is 3.11. The Hall–Kier alpha value is -2.41. The number of aromatic nitrogens is 3. The van der Waals surface area contributed by atoms with Gasteiger partial charge in [0.2, 0.25) is 4.96 Å². The third-order valence-electron chi connectivity index (χ3n) is 3.65. The number of methoxy groups -OCH3 is 2. The SMILES string of the molecule is COc1ccc(-c2nc3sc(C(C)(C)C)nn3c2C=O)cc1OC. The van der Waals surface area contributed by atoms with Crippen LogP contribution >= 0.6 is 11.3 Å². The van der Waals surface area contributed by atoms with Crippen LogP contribution in [0.2, 0.25) is 0 Å². The fraction of sp³-hybridized carbons (Fsp3) is 0.353. The molecule has 0 unspecified atom stereocenters. The number of carbonyl (C=O) groups excluding carboxylic acids is 1. The van der Waals surface area contributed by atoms with Gasteiger partial charge in [0.15, 0.2) is 17.8 Å². The largest absolute Gasteiger partial charge is 0.493 e. The Morgan fingerprint density at radius 3 is 2.46 bits per heavy atom. The van der Waals surface area contributed by atoms with E-state index in [1.54, 1.807) is 24.8 Å². The van der Waals surface area contributed by atoms with Crippen molar-refractivity contribution in [2.24, 2.45) is 0 Å². The molecule has 0 radical (unpaired) electrons. The van der Waals surface area contributed by atoms with E-state index in [0.29, 0.717) is 27.8 Å². The van der Waals surface area contributed by atoms with E-state index in [9.17, 15) is 4.79 Å². The zero-order valence-electron chi connectivity index (χ0n) is 14.3. The number of fused-ring (bicyclic) bond motifs is 1. The maximum absolute atomic E-state index is 11.7. The molecule has 0 N–H and O–H groups in total. The molecule has 0 spiro atoms. The maximum atomic E-state index is 11.7. The van der Waals surface area contributed by atoms with Gasteiger partial charge in [-0.05, 0) is 18.2 Å². The molecule has 0 atom stereocenters. The Morgan fingerprint density at radius 1 is 1.17 bits per heavy atom. The molecule has 0 aliphatic carbocycles. The Bertz CT molecular complexity index is 906. The van der Waals surface area contributed by atoms with Crippen LogP contribution < -0.4 is 9.47 Å². The minimum Gasteiger partial charge on any atom is -0.493 e. The molecule has 0 aliphatic heterocycles. The first kappa shape index (κ1) is 16.4. The van der Waals surface area contributed by atoms with E-state index < -0.39 is 0 Å². The quantitative estimate of drug-likeness (QED) is 0.676. The lowest BCUT2D eigenvalue weighted by Crippen LogP contribution is -2.11. The summed E-state index contributed by atoms with van der Waals surface area (Å²) in [5.41, 5.74) is 1.72. The van der Waals surface area contributed by atoms with Crippen molar-refractivity contribution >= 4 is 22.6 Å². The highest BCUT2D eigenvalue weighted by Gasteiger charge is 2.24. The van der Waals surface area contributed by atoms with Gasteiger partial charge in [-0.3, -0.25) is 4.79 Å². The number of ether oxygens (including phenoxy) is 2. The molecule has 0 saturated carbocycles. The molecule has 0 saturated heterocycles. The molecule has 0 amide bonds. The molecule has 1 aromatic carbocycles. The zero-order valence-corrected chi connectivity index (χ0v) is 15.1. The molecule has 2 heterocycles. The number of imidazole rings is 1. The molecule has 0 aliphatic rings. The monoisotopic (exact) mass is 345 g/mol. The highest BCUT2D eigenvalue weighted by Crippen LogP contribution is 2.35. The second kappa shape index (κ2) is 5.90. The van der Waals surface area contributed by atoms with Crippen LogP contribution in [0.5, 0.6) is 11.5 Å². The van der Waals surface area contributed by atoms with Crippen LogP contribution in [0.3, 0.4) is 0 Å². The van der Waals surface area contributed by atoms with Crippen molar-refractivity contribution in [1.29, 1.82) is 0 Å². The first-order chi connectivity index (χ1) is 11.4. The van der Waals surface area contributed by atoms with Gasteiger partial charge in [-0.25, -0.2) is 4.98 Å². The molecular formula is C17H19N3O3S. The second-order valence-corrected chi connectivity index (χ2v) is 7.34. The molecule has 6 nitrogen and oxygen atoms in total. The number of aldehydes is 1. The van der Waals surface area contributed by atoms with Gasteiger partial charge in [0.1, 0.15) is 16.4 Å². The lowest BCUT2D eigenvalue weighted by Gasteiger charge is -2.12. The molecule has 24 heavy (non-hydrogen) atoms. The third-order valence-corrected chi connectivity index (χ3v) is 4.98. The van der Waals surface area contributed by atoms with Gasteiger partial charge < -0.3 is 9.47 Å². The van der Waals surface area contributed by atoms with Crippen molar-refractivity contribution in [2.75, 3.05) is 14.2 Å². The van der Waals surface area contributed by atoms with E-state index in [1.807, 2.05) is 12.1 Å². The molecule has 7 heteroatoms. The highest BCUT2D eigenvalue weighted by atomic mass is 32.1. The lowest BCUT2D eigenvalue weighted by atomic mass is 9.98. The Balaban J connectivity index is 2.16. The number of hydrogen-bond acceptors (Lipinski definition) is 6. The second-order valence-electron chi connectivity index (χ2n) is 6.38. The van der Waals surface area contributed by atoms with Crippen LogP contribution in [-0.2, 0) is 5.41 Å². The molecule has 0 bridgehead atoms. The standard InChI is InChI=1S/C17H19N3O3S/c1-17(2,3)15-19-20-11(9-21)14(18-16(20)24-15)10-6-7-12(22-4)13(8-10)23-5/h6-9H,1-5H3. The van der Waals surface area contributed by atoms with E-state index >= 15 is 0 Å². The summed E-state index contributed by atoms with van der Waals surface area (Å²) in [5.74, 6) is 1.22. The van der Waals surface area contributed by atoms with Crippen LogP contribution in [0.25, 0.3) is 16.2 Å². The Labute approximate surface area is 144 Å². The zero-order chi connectivity index (χ0) is 17.5. The van der Waals surface area contributed by atoms with Crippen molar-refractivity contribution in [3.63, 3.8) is 0 Å². The first-order valence-electron chi connectivity index (χ1n) is 7.46. The predicted octanol–water partition coefficient (Wildman–Crippen LogP) is 3.59. The van der Waals surface area contributed by atoms with E-state index in [-0.39, 0.29) is 5.41 Å². The minimum absolute atomic E-state index is 0.0883. The lowest BCUT2D eigenvalue weighted by molar-refractivity contribution is 0.111. The molecule has 0 fully saturated rings. The maximum Gasteiger partial charge on any atom is 0.213 e. The molecule has 3 rings (SSSR count). The summed E-state index contributed by atoms with van der Waals surface area (Å²) < 4.78 is 12.2. The van der Waals surface area contributed by atoms with Crippen molar-refractivity contribution in [3.05, 3.63) is 28.9 Å². The minimum atomic E-state index is -0.0883. The van der Waals surface area contributed by atoms with E-state index in [2.05, 4.69) is 30.9 Å². The van der Waals surface area contributed by atoms with Crippen LogP contribution in [0.4, 0.5) is 0 Å². The van der Waals surface area contributed by atoms with Gasteiger partial charge in [-0.1, -0.05) is 32.1 Å². The number of carbonyl (C=O) groups is 1. The Morgan fingerprint density at radius 2 is 1.88 bits per heavy atom. The molecular weight excluding hydrogens is 326 g/mol. The number of benzene rings is 1. The van der Waals surface area contributed by atoms with Crippen LogP contribution in [-0.4, -0.2) is 35.1 Å². The number of rotatable bonds is 4. The summed E-state index contributed by atoms with van der Waals surface area (Å²) in [6, 6.07) is 5.46. The fourth-order valence-electron chi connectivity index (χ4n) is 2.37. The van der Waals surface area contributed by atoms with Crippen molar-refractivity contribution in [3.8, 4) is 22.8 Å². The van der Waals surface area contributed by atoms with Gasteiger partial charge in [-0.2, -0.15) is 9.61 Å². The van der Waals surface area contributed by atoms with Crippen LogP contribution in [0.1, 0.15) is 36.3 Å². The average molecular weight is 345 g/mol. The topological polar surface area (TPSA) is 65.7 Å². The van der Waals surface area contributed by atoms with E-state index in [1.165, 1.54) is 11.3 Å². The van der Waals surface area contributed by atoms with Gasteiger partial charge in [0, 0.05) is 11.0 Å². The summed E-state index contributed by atoms with van der Waals surface area (Å²) in [4.78, 5) is 17.0. The van der Waals surface area contributed by atoms with Gasteiger partial charge >= 0.3 is 0 Å². The number of nitrogens with zero attached hydrogens (tertiary/aromatic N) is 3. The number of hydrogen-bond donors (Lipinski definition) is 0.